The Kier molecular flexibility index (Phi) is 2.97. The Bertz CT molecular complexity index is 761. The molecule has 0 bridgehead atoms. The summed E-state index contributed by atoms with van der Waals surface area (Å²) in [6.07, 6.45) is 0.251. The number of rotatable bonds is 2. The monoisotopic (exact) mass is 284 g/mol. The Morgan fingerprint density at radius 3 is 2.71 bits per heavy atom. The van der Waals surface area contributed by atoms with E-state index < -0.39 is 5.82 Å². The molecule has 3 rings (SSSR count). The highest BCUT2D eigenvalue weighted by Crippen LogP contribution is 2.26. The first-order valence-electron chi connectivity index (χ1n) is 6.49. The third-order valence-corrected chi connectivity index (χ3v) is 3.64. The van der Waals surface area contributed by atoms with Crippen LogP contribution in [0, 0.1) is 12.7 Å². The summed E-state index contributed by atoms with van der Waals surface area (Å²) in [7, 11) is 0. The van der Waals surface area contributed by atoms with Crippen LogP contribution in [-0.2, 0) is 11.2 Å². The summed E-state index contributed by atoms with van der Waals surface area (Å²) >= 11 is 0. The lowest BCUT2D eigenvalue weighted by atomic mass is 9.98. The summed E-state index contributed by atoms with van der Waals surface area (Å²) in [5.41, 5.74) is 8.37. The molecule has 0 unspecified atom stereocenters. The van der Waals surface area contributed by atoms with Crippen LogP contribution in [0.1, 0.15) is 27.0 Å². The molecule has 0 radical (unpaired) electrons. The van der Waals surface area contributed by atoms with Gasteiger partial charge >= 0.3 is 0 Å². The quantitative estimate of drug-likeness (QED) is 0.657. The highest BCUT2D eigenvalue weighted by Gasteiger charge is 2.20. The topological polar surface area (TPSA) is 72.2 Å². The number of nitrogens with two attached hydrogens (primary N) is 1. The highest BCUT2D eigenvalue weighted by molar-refractivity contribution is 6.10. The maximum Gasteiger partial charge on any atom is 0.228 e. The molecule has 0 saturated heterocycles. The molecule has 1 heterocycles. The molecule has 2 aromatic carbocycles. The van der Waals surface area contributed by atoms with E-state index in [1.807, 2.05) is 0 Å². The molecule has 5 heteroatoms. The van der Waals surface area contributed by atoms with Crippen molar-refractivity contribution in [2.24, 2.45) is 0 Å². The molecular weight excluding hydrogens is 271 g/mol. The van der Waals surface area contributed by atoms with E-state index in [9.17, 15) is 14.0 Å². The average Bonchev–Trinajstić information content (AvgIpc) is 2.82. The van der Waals surface area contributed by atoms with Crippen LogP contribution in [0.4, 0.5) is 15.8 Å². The first-order chi connectivity index (χ1) is 9.95. The summed E-state index contributed by atoms with van der Waals surface area (Å²) in [4.78, 5) is 23.7. The lowest BCUT2D eigenvalue weighted by molar-refractivity contribution is -0.115. The summed E-state index contributed by atoms with van der Waals surface area (Å²) in [6, 6.07) is 7.60. The van der Waals surface area contributed by atoms with Gasteiger partial charge in [-0.1, -0.05) is 0 Å². The van der Waals surface area contributed by atoms with Crippen molar-refractivity contribution in [2.75, 3.05) is 11.1 Å². The van der Waals surface area contributed by atoms with Gasteiger partial charge in [0.1, 0.15) is 5.82 Å². The van der Waals surface area contributed by atoms with Gasteiger partial charge < -0.3 is 11.1 Å². The fourth-order valence-electron chi connectivity index (χ4n) is 2.37. The Hall–Kier alpha value is -2.69. The number of benzene rings is 2. The van der Waals surface area contributed by atoms with Gasteiger partial charge in [-0.2, -0.15) is 0 Å². The van der Waals surface area contributed by atoms with Gasteiger partial charge in [0.2, 0.25) is 5.91 Å². The molecule has 0 spiro atoms. The predicted molar refractivity (Wildman–Crippen MR) is 77.8 cm³/mol. The Labute approximate surface area is 120 Å². The van der Waals surface area contributed by atoms with Crippen molar-refractivity contribution in [3.63, 3.8) is 0 Å². The molecule has 0 aromatic heterocycles. The van der Waals surface area contributed by atoms with Gasteiger partial charge in [0.25, 0.3) is 0 Å². The molecule has 1 amide bonds. The van der Waals surface area contributed by atoms with Crippen LogP contribution in [0.2, 0.25) is 0 Å². The Morgan fingerprint density at radius 2 is 2.00 bits per heavy atom. The van der Waals surface area contributed by atoms with Crippen molar-refractivity contribution in [3.8, 4) is 0 Å². The zero-order valence-corrected chi connectivity index (χ0v) is 11.4. The van der Waals surface area contributed by atoms with Crippen LogP contribution in [0.25, 0.3) is 0 Å². The van der Waals surface area contributed by atoms with Crippen molar-refractivity contribution in [1.82, 2.24) is 0 Å². The van der Waals surface area contributed by atoms with E-state index in [4.69, 9.17) is 5.73 Å². The number of nitrogens with one attached hydrogen (secondary N) is 1. The maximum absolute atomic E-state index is 13.7. The number of ketones is 1. The van der Waals surface area contributed by atoms with Crippen LogP contribution in [-0.4, -0.2) is 11.7 Å². The van der Waals surface area contributed by atoms with E-state index >= 15 is 0 Å². The molecule has 0 aliphatic carbocycles. The van der Waals surface area contributed by atoms with Gasteiger partial charge in [-0.25, -0.2) is 4.39 Å². The second-order valence-electron chi connectivity index (χ2n) is 5.10. The van der Waals surface area contributed by atoms with Crippen LogP contribution >= 0.6 is 0 Å². The van der Waals surface area contributed by atoms with Crippen molar-refractivity contribution < 1.29 is 14.0 Å². The predicted octanol–water partition coefficient (Wildman–Crippen LogP) is 2.44. The van der Waals surface area contributed by atoms with E-state index in [1.54, 1.807) is 25.1 Å². The number of amides is 1. The SMILES string of the molecule is Cc1c(N)cc(C(=O)c2ccc3c(c2)CC(=O)N3)cc1F. The average molecular weight is 284 g/mol. The van der Waals surface area contributed by atoms with E-state index in [2.05, 4.69) is 5.32 Å². The summed E-state index contributed by atoms with van der Waals surface area (Å²) < 4.78 is 13.7. The van der Waals surface area contributed by atoms with E-state index in [0.29, 0.717) is 16.8 Å². The fourth-order valence-corrected chi connectivity index (χ4v) is 2.37. The number of carbonyl (C=O) groups is 2. The van der Waals surface area contributed by atoms with Gasteiger partial charge in [-0.05, 0) is 42.8 Å². The summed E-state index contributed by atoms with van der Waals surface area (Å²) in [5, 5.41) is 2.70. The van der Waals surface area contributed by atoms with Crippen LogP contribution < -0.4 is 11.1 Å². The van der Waals surface area contributed by atoms with Gasteiger partial charge in [-0.3, -0.25) is 9.59 Å². The molecule has 4 nitrogen and oxygen atoms in total. The molecule has 0 saturated carbocycles. The lowest BCUT2D eigenvalue weighted by Crippen LogP contribution is -2.05. The van der Waals surface area contributed by atoms with Crippen molar-refractivity contribution in [1.29, 1.82) is 0 Å². The van der Waals surface area contributed by atoms with E-state index in [1.165, 1.54) is 12.1 Å². The number of hydrogen-bond acceptors (Lipinski definition) is 3. The minimum Gasteiger partial charge on any atom is -0.398 e. The first-order valence-corrected chi connectivity index (χ1v) is 6.49. The second-order valence-corrected chi connectivity index (χ2v) is 5.10. The third-order valence-electron chi connectivity index (χ3n) is 3.64. The second kappa shape index (κ2) is 4.70. The Morgan fingerprint density at radius 1 is 1.24 bits per heavy atom. The smallest absolute Gasteiger partial charge is 0.228 e. The highest BCUT2D eigenvalue weighted by atomic mass is 19.1. The van der Waals surface area contributed by atoms with Crippen LogP contribution in [0.5, 0.6) is 0 Å². The van der Waals surface area contributed by atoms with Gasteiger partial charge in [-0.15, -0.1) is 0 Å². The normalized spacial score (nSPS) is 13.0. The van der Waals surface area contributed by atoms with Gasteiger partial charge in [0.15, 0.2) is 5.78 Å². The van der Waals surface area contributed by atoms with Crippen LogP contribution in [0.3, 0.4) is 0 Å². The number of anilines is 2. The molecule has 0 atom stereocenters. The third kappa shape index (κ3) is 2.27. The molecule has 0 fully saturated rings. The molecule has 21 heavy (non-hydrogen) atoms. The van der Waals surface area contributed by atoms with E-state index in [-0.39, 0.29) is 29.4 Å². The number of hydrogen-bond donors (Lipinski definition) is 2. The zero-order chi connectivity index (χ0) is 15.1. The number of halogens is 1. The fraction of sp³-hybridized carbons (Fsp3) is 0.125. The van der Waals surface area contributed by atoms with Crippen LogP contribution in [0.15, 0.2) is 30.3 Å². The lowest BCUT2D eigenvalue weighted by Gasteiger charge is -2.07. The largest absolute Gasteiger partial charge is 0.398 e. The van der Waals surface area contributed by atoms with E-state index in [0.717, 1.165) is 5.56 Å². The first kappa shape index (κ1) is 13.3. The number of carbonyl (C=O) groups excluding carboxylic acids is 2. The maximum atomic E-state index is 13.7. The molecule has 106 valence electrons. The minimum absolute atomic E-state index is 0.0970. The minimum atomic E-state index is -0.503. The van der Waals surface area contributed by atoms with Crippen molar-refractivity contribution in [2.45, 2.75) is 13.3 Å². The molecular formula is C16H13FN2O2. The molecule has 1 aliphatic heterocycles. The molecule has 3 N–H and O–H groups in total. The summed E-state index contributed by atoms with van der Waals surface area (Å²) in [5.74, 6) is -0.917. The Balaban J connectivity index is 2.00. The molecule has 1 aliphatic rings. The van der Waals surface area contributed by atoms with Gasteiger partial charge in [0.05, 0.1) is 6.42 Å². The summed E-state index contributed by atoms with van der Waals surface area (Å²) in [6.45, 7) is 1.56. The number of nitrogen functional groups attached to an aromatic ring is 1. The van der Waals surface area contributed by atoms with Crippen molar-refractivity contribution >= 4 is 23.1 Å². The standard InChI is InChI=1S/C16H13FN2O2/c1-8-12(17)5-11(6-13(8)18)16(21)9-2-3-14-10(4-9)7-15(20)19-14/h2-6H,7,18H2,1H3,(H,19,20). The van der Waals surface area contributed by atoms with Gasteiger partial charge in [0, 0.05) is 28.1 Å². The zero-order valence-electron chi connectivity index (χ0n) is 11.4. The molecule has 2 aromatic rings. The van der Waals surface area contributed by atoms with Crippen molar-refractivity contribution in [3.05, 3.63) is 58.4 Å². The number of fused-ring (bicyclic) bond motifs is 1.